The van der Waals surface area contributed by atoms with E-state index in [9.17, 15) is 33.4 Å². The molecule has 0 radical (unpaired) electrons. The molecule has 1 aromatic rings. The highest BCUT2D eigenvalue weighted by Gasteiger charge is 2.49. The Morgan fingerprint density at radius 2 is 2.04 bits per heavy atom. The number of aliphatic hydroxyl groups excluding tert-OH is 2. The Morgan fingerprint density at radius 1 is 1.35 bits per heavy atom. The molecule has 0 aromatic carbocycles. The minimum absolute atomic E-state index is 0.231. The van der Waals surface area contributed by atoms with E-state index in [4.69, 9.17) is 4.74 Å². The van der Waals surface area contributed by atoms with Crippen LogP contribution in [0.4, 0.5) is 8.78 Å². The van der Waals surface area contributed by atoms with E-state index >= 15 is 0 Å². The van der Waals surface area contributed by atoms with Crippen molar-refractivity contribution < 1.29 is 28.5 Å². The van der Waals surface area contributed by atoms with E-state index in [-0.39, 0.29) is 5.56 Å². The number of ether oxygens (including phenoxy) is 1. The molecule has 1 saturated heterocycles. The number of aromatic nitrogens is 2. The van der Waals surface area contributed by atoms with E-state index in [0.717, 1.165) is 23.7 Å². The van der Waals surface area contributed by atoms with Crippen molar-refractivity contribution in [2.24, 2.45) is 0 Å². The summed E-state index contributed by atoms with van der Waals surface area (Å²) in [6.45, 7) is 0.742. The lowest BCUT2D eigenvalue weighted by molar-refractivity contribution is -0.146. The standard InChI is InChI=1S/C15H21F2N3O6/c1-18-5-3-2-4-7-6-20(15(25)19-13(7)24)14-9(22)8(21)11(26-14)10(23)12(16)17/h6,8-9,11-12,14,18,21-22H,2-5H2,1H3,(H,19,24,25). The Bertz CT molecular complexity index is 750. The predicted octanol–water partition coefficient (Wildman–Crippen LogP) is -1.47. The van der Waals surface area contributed by atoms with Crippen LogP contribution in [0.5, 0.6) is 0 Å². The largest absolute Gasteiger partial charge is 0.387 e. The number of Topliss-reactive ketones (excluding diaryl/α,β-unsaturated/α-hetero) is 1. The summed E-state index contributed by atoms with van der Waals surface area (Å²) in [5, 5.41) is 22.8. The van der Waals surface area contributed by atoms with Gasteiger partial charge in [-0.3, -0.25) is 19.1 Å². The number of nitrogens with one attached hydrogen (secondary N) is 2. The Morgan fingerprint density at radius 3 is 2.65 bits per heavy atom. The third-order valence-electron chi connectivity index (χ3n) is 4.17. The van der Waals surface area contributed by atoms with Crippen molar-refractivity contribution in [1.82, 2.24) is 14.9 Å². The smallest absolute Gasteiger partial charge is 0.330 e. The number of rotatable bonds is 8. The molecule has 26 heavy (non-hydrogen) atoms. The number of aryl methyl sites for hydroxylation is 1. The molecule has 9 nitrogen and oxygen atoms in total. The Hall–Kier alpha value is -1.95. The molecule has 1 aliphatic heterocycles. The highest BCUT2D eigenvalue weighted by Crippen LogP contribution is 2.30. The first-order chi connectivity index (χ1) is 12.3. The van der Waals surface area contributed by atoms with Crippen LogP contribution in [0.25, 0.3) is 0 Å². The molecular weight excluding hydrogens is 356 g/mol. The molecule has 0 aliphatic carbocycles. The zero-order valence-corrected chi connectivity index (χ0v) is 14.0. The summed E-state index contributed by atoms with van der Waals surface area (Å²) in [7, 11) is 1.79. The average molecular weight is 377 g/mol. The topological polar surface area (TPSA) is 134 Å². The van der Waals surface area contributed by atoms with Crippen molar-refractivity contribution in [2.75, 3.05) is 13.6 Å². The molecule has 0 amide bonds. The van der Waals surface area contributed by atoms with Gasteiger partial charge >= 0.3 is 5.69 Å². The predicted molar refractivity (Wildman–Crippen MR) is 85.1 cm³/mol. The number of halogens is 2. The number of aliphatic hydroxyl groups is 2. The van der Waals surface area contributed by atoms with Crippen LogP contribution in [0.2, 0.25) is 0 Å². The van der Waals surface area contributed by atoms with Crippen LogP contribution in [0.3, 0.4) is 0 Å². The fourth-order valence-corrected chi connectivity index (χ4v) is 2.76. The van der Waals surface area contributed by atoms with E-state index in [1.807, 2.05) is 0 Å². The summed E-state index contributed by atoms with van der Waals surface area (Å²) < 4.78 is 30.9. The molecule has 146 valence electrons. The molecule has 0 spiro atoms. The number of carbonyl (C=O) groups is 1. The second-order valence-corrected chi connectivity index (χ2v) is 6.01. The quantitative estimate of drug-likeness (QED) is 0.407. The van der Waals surface area contributed by atoms with Crippen molar-refractivity contribution in [3.8, 4) is 0 Å². The van der Waals surface area contributed by atoms with Gasteiger partial charge in [0.15, 0.2) is 12.3 Å². The van der Waals surface area contributed by atoms with Gasteiger partial charge in [-0.1, -0.05) is 0 Å². The van der Waals surface area contributed by atoms with Crippen LogP contribution < -0.4 is 16.6 Å². The maximum Gasteiger partial charge on any atom is 0.330 e. The van der Waals surface area contributed by atoms with Crippen molar-refractivity contribution in [1.29, 1.82) is 0 Å². The van der Waals surface area contributed by atoms with E-state index in [1.165, 1.54) is 0 Å². The Kier molecular flexibility index (Phi) is 6.75. The molecule has 1 aromatic heterocycles. The maximum atomic E-state index is 12.6. The Labute approximate surface area is 146 Å². The summed E-state index contributed by atoms with van der Waals surface area (Å²) in [6, 6.07) is 0. The van der Waals surface area contributed by atoms with Crippen LogP contribution in [0, 0.1) is 0 Å². The van der Waals surface area contributed by atoms with Crippen LogP contribution >= 0.6 is 0 Å². The summed E-state index contributed by atoms with van der Waals surface area (Å²) in [5.41, 5.74) is -1.33. The summed E-state index contributed by atoms with van der Waals surface area (Å²) in [6.07, 6.45) is -7.73. The monoisotopic (exact) mass is 377 g/mol. The minimum Gasteiger partial charge on any atom is -0.387 e. The van der Waals surface area contributed by atoms with Crippen molar-refractivity contribution >= 4 is 5.78 Å². The second kappa shape index (κ2) is 8.62. The first kappa shape index (κ1) is 20.4. The van der Waals surface area contributed by atoms with Crippen molar-refractivity contribution in [3.05, 3.63) is 32.6 Å². The number of alkyl halides is 2. The highest BCUT2D eigenvalue weighted by atomic mass is 19.3. The molecule has 1 aliphatic rings. The molecule has 4 atom stereocenters. The minimum atomic E-state index is -3.39. The number of ketones is 1. The third-order valence-corrected chi connectivity index (χ3v) is 4.17. The lowest BCUT2D eigenvalue weighted by atomic mass is 10.1. The zero-order valence-electron chi connectivity index (χ0n) is 14.0. The number of H-pyrrole nitrogens is 1. The van der Waals surface area contributed by atoms with Gasteiger partial charge in [-0.2, -0.15) is 0 Å². The van der Waals surface area contributed by atoms with Gasteiger partial charge in [0, 0.05) is 11.8 Å². The van der Waals surface area contributed by atoms with Gasteiger partial charge in [-0.05, 0) is 32.9 Å². The highest BCUT2D eigenvalue weighted by molar-refractivity contribution is 5.87. The molecule has 1 fully saturated rings. The molecule has 0 bridgehead atoms. The number of nitrogens with zero attached hydrogens (tertiary/aromatic N) is 1. The fourth-order valence-electron chi connectivity index (χ4n) is 2.76. The van der Waals surface area contributed by atoms with Crippen LogP contribution in [-0.4, -0.2) is 63.9 Å². The number of carbonyl (C=O) groups excluding carboxylic acids is 1. The number of aromatic amines is 1. The summed E-state index contributed by atoms with van der Waals surface area (Å²) >= 11 is 0. The molecular formula is C15H21F2N3O6. The van der Waals surface area contributed by atoms with Gasteiger partial charge in [0.25, 0.3) is 12.0 Å². The molecule has 0 saturated carbocycles. The zero-order chi connectivity index (χ0) is 19.4. The van der Waals surface area contributed by atoms with E-state index in [1.54, 1.807) is 7.05 Å². The molecule has 2 heterocycles. The molecule has 11 heteroatoms. The normalized spacial score (nSPS) is 25.8. The SMILES string of the molecule is CNCCCCc1cn(C2OC(C(=O)C(F)F)C(O)C2O)c(=O)[nH]c1=O. The van der Waals surface area contributed by atoms with Crippen LogP contribution in [0.1, 0.15) is 24.6 Å². The number of hydrogen-bond donors (Lipinski definition) is 4. The second-order valence-electron chi connectivity index (χ2n) is 6.01. The molecule has 4 N–H and O–H groups in total. The lowest BCUT2D eigenvalue weighted by Gasteiger charge is -2.18. The van der Waals surface area contributed by atoms with Gasteiger partial charge in [0.05, 0.1) is 0 Å². The van der Waals surface area contributed by atoms with Crippen LogP contribution in [0.15, 0.2) is 15.8 Å². The number of unbranched alkanes of at least 4 members (excludes halogenated alkanes) is 1. The Balaban J connectivity index is 2.26. The van der Waals surface area contributed by atoms with E-state index < -0.39 is 48.0 Å². The number of hydrogen-bond acceptors (Lipinski definition) is 7. The van der Waals surface area contributed by atoms with Gasteiger partial charge in [-0.25, -0.2) is 13.6 Å². The van der Waals surface area contributed by atoms with Gasteiger partial charge in [0.1, 0.15) is 12.2 Å². The van der Waals surface area contributed by atoms with E-state index in [2.05, 4.69) is 10.3 Å². The maximum absolute atomic E-state index is 12.6. The fraction of sp³-hybridized carbons (Fsp3) is 0.667. The van der Waals surface area contributed by atoms with E-state index in [0.29, 0.717) is 12.8 Å². The van der Waals surface area contributed by atoms with Gasteiger partial charge < -0.3 is 20.3 Å². The van der Waals surface area contributed by atoms with Gasteiger partial charge in [0.2, 0.25) is 5.78 Å². The third kappa shape index (κ3) is 4.23. The van der Waals surface area contributed by atoms with Crippen LogP contribution in [-0.2, 0) is 16.0 Å². The van der Waals surface area contributed by atoms with Crippen molar-refractivity contribution in [3.63, 3.8) is 0 Å². The van der Waals surface area contributed by atoms with Gasteiger partial charge in [-0.15, -0.1) is 0 Å². The summed E-state index contributed by atoms with van der Waals surface area (Å²) in [4.78, 5) is 37.3. The average Bonchev–Trinajstić information content (AvgIpc) is 2.88. The molecule has 2 rings (SSSR count). The first-order valence-corrected chi connectivity index (χ1v) is 8.10. The molecule has 4 unspecified atom stereocenters. The summed E-state index contributed by atoms with van der Waals surface area (Å²) in [5.74, 6) is -1.69. The lowest BCUT2D eigenvalue weighted by Crippen LogP contribution is -2.40. The van der Waals surface area contributed by atoms with Crippen molar-refractivity contribution in [2.45, 2.75) is 50.2 Å². The first-order valence-electron chi connectivity index (χ1n) is 8.10.